The lowest BCUT2D eigenvalue weighted by Crippen LogP contribution is -2.55. The lowest BCUT2D eigenvalue weighted by Gasteiger charge is -2.45. The standard InChI is InChI=1S/C18H24F3NO7S/c1-17(2)16(25)15(22(10-14(23)24)30(3,26)27)12-9-11(5-6-13(12)29-17)28-8-4-7-18(19,20)21/h5-6,9,15-16,25H,4,7-8,10H2,1-3H3,(H,23,24). The highest BCUT2D eigenvalue weighted by atomic mass is 32.2. The first-order valence-electron chi connectivity index (χ1n) is 9.01. The Kier molecular flexibility index (Phi) is 6.94. The molecule has 170 valence electrons. The molecule has 0 saturated heterocycles. The number of carbonyl (C=O) groups is 1. The number of aliphatic hydroxyl groups is 1. The highest BCUT2D eigenvalue weighted by Gasteiger charge is 2.48. The summed E-state index contributed by atoms with van der Waals surface area (Å²) in [5.74, 6) is -1.07. The molecule has 2 N–H and O–H groups in total. The lowest BCUT2D eigenvalue weighted by atomic mass is 9.86. The molecule has 2 unspecified atom stereocenters. The van der Waals surface area contributed by atoms with Gasteiger partial charge in [0.2, 0.25) is 10.0 Å². The van der Waals surface area contributed by atoms with E-state index in [1.165, 1.54) is 32.0 Å². The summed E-state index contributed by atoms with van der Waals surface area (Å²) in [4.78, 5) is 11.3. The van der Waals surface area contributed by atoms with Gasteiger partial charge in [0, 0.05) is 12.0 Å². The van der Waals surface area contributed by atoms with E-state index in [1.54, 1.807) is 0 Å². The monoisotopic (exact) mass is 455 g/mol. The van der Waals surface area contributed by atoms with E-state index in [9.17, 15) is 36.6 Å². The Morgan fingerprint density at radius 3 is 2.50 bits per heavy atom. The van der Waals surface area contributed by atoms with Crippen molar-refractivity contribution in [1.29, 1.82) is 0 Å². The molecule has 1 aromatic carbocycles. The number of nitrogens with zero attached hydrogens (tertiary/aromatic N) is 1. The highest BCUT2D eigenvalue weighted by molar-refractivity contribution is 7.88. The van der Waals surface area contributed by atoms with Crippen molar-refractivity contribution in [3.8, 4) is 11.5 Å². The molecular formula is C18H24F3NO7S. The van der Waals surface area contributed by atoms with Gasteiger partial charge in [-0.05, 0) is 38.5 Å². The van der Waals surface area contributed by atoms with E-state index in [2.05, 4.69) is 0 Å². The number of carboxylic acids is 1. The van der Waals surface area contributed by atoms with Crippen LogP contribution in [0.1, 0.15) is 38.3 Å². The normalized spacial score (nSPS) is 21.1. The minimum absolute atomic E-state index is 0.139. The Balaban J connectivity index is 2.40. The molecule has 2 atom stereocenters. The number of halogens is 3. The fraction of sp³-hybridized carbons (Fsp3) is 0.611. The van der Waals surface area contributed by atoms with Crippen LogP contribution in [0.2, 0.25) is 0 Å². The second kappa shape index (κ2) is 8.60. The third-order valence-corrected chi connectivity index (χ3v) is 5.79. The summed E-state index contributed by atoms with van der Waals surface area (Å²) in [5.41, 5.74) is -1.09. The smallest absolute Gasteiger partial charge is 0.389 e. The maximum absolute atomic E-state index is 12.3. The second-order valence-corrected chi connectivity index (χ2v) is 9.50. The van der Waals surface area contributed by atoms with Gasteiger partial charge in [-0.15, -0.1) is 0 Å². The van der Waals surface area contributed by atoms with Crippen LogP contribution in [-0.2, 0) is 14.8 Å². The number of carboxylic acid groups (broad SMARTS) is 1. The molecule has 0 saturated carbocycles. The number of rotatable bonds is 8. The van der Waals surface area contributed by atoms with Crippen LogP contribution in [0.15, 0.2) is 18.2 Å². The van der Waals surface area contributed by atoms with Crippen LogP contribution in [0, 0.1) is 0 Å². The average Bonchev–Trinajstić information content (AvgIpc) is 2.56. The minimum atomic E-state index is -4.30. The van der Waals surface area contributed by atoms with Gasteiger partial charge in [0.1, 0.15) is 29.7 Å². The number of sulfonamides is 1. The fourth-order valence-corrected chi connectivity index (χ4v) is 4.15. The molecule has 0 bridgehead atoms. The first-order chi connectivity index (χ1) is 13.6. The van der Waals surface area contributed by atoms with Gasteiger partial charge in [-0.2, -0.15) is 17.5 Å². The SMILES string of the molecule is CC1(C)Oc2ccc(OCCCC(F)(F)F)cc2C(N(CC(=O)O)S(C)(=O)=O)C1O. The van der Waals surface area contributed by atoms with Crippen molar-refractivity contribution < 1.29 is 46.1 Å². The van der Waals surface area contributed by atoms with E-state index in [-0.39, 0.29) is 30.1 Å². The zero-order valence-corrected chi connectivity index (χ0v) is 17.5. The number of hydrogen-bond donors (Lipinski definition) is 2. The largest absolute Gasteiger partial charge is 0.494 e. The van der Waals surface area contributed by atoms with Crippen LogP contribution < -0.4 is 9.47 Å². The van der Waals surface area contributed by atoms with Crippen molar-refractivity contribution in [3.05, 3.63) is 23.8 Å². The Bertz CT molecular complexity index is 886. The van der Waals surface area contributed by atoms with Crippen LogP contribution in [0.4, 0.5) is 13.2 Å². The Labute approximate surface area is 172 Å². The van der Waals surface area contributed by atoms with E-state index in [4.69, 9.17) is 9.47 Å². The van der Waals surface area contributed by atoms with Gasteiger partial charge >= 0.3 is 12.1 Å². The number of alkyl halides is 3. The first-order valence-corrected chi connectivity index (χ1v) is 10.9. The summed E-state index contributed by atoms with van der Waals surface area (Å²) < 4.78 is 73.1. The maximum Gasteiger partial charge on any atom is 0.389 e. The molecule has 0 fully saturated rings. The van der Waals surface area contributed by atoms with E-state index in [0.717, 1.165) is 6.26 Å². The molecule has 2 rings (SSSR count). The van der Waals surface area contributed by atoms with Crippen molar-refractivity contribution in [1.82, 2.24) is 4.31 Å². The number of ether oxygens (including phenoxy) is 2. The summed E-state index contributed by atoms with van der Waals surface area (Å²) in [6.45, 7) is 1.92. The summed E-state index contributed by atoms with van der Waals surface area (Å²) in [5, 5.41) is 20.0. The quantitative estimate of drug-likeness (QED) is 0.579. The second-order valence-electron chi connectivity index (χ2n) is 7.56. The van der Waals surface area contributed by atoms with Gasteiger partial charge in [-0.1, -0.05) is 0 Å². The lowest BCUT2D eigenvalue weighted by molar-refractivity contribution is -0.139. The van der Waals surface area contributed by atoms with Crippen molar-refractivity contribution in [2.75, 3.05) is 19.4 Å². The molecule has 0 aliphatic carbocycles. The fourth-order valence-electron chi connectivity index (χ4n) is 3.16. The molecule has 0 spiro atoms. The van der Waals surface area contributed by atoms with Gasteiger partial charge in [0.15, 0.2) is 0 Å². The van der Waals surface area contributed by atoms with E-state index >= 15 is 0 Å². The maximum atomic E-state index is 12.3. The molecule has 1 aliphatic rings. The van der Waals surface area contributed by atoms with Crippen molar-refractivity contribution >= 4 is 16.0 Å². The summed E-state index contributed by atoms with van der Waals surface area (Å²) in [6.07, 6.45) is -6.20. The molecule has 0 amide bonds. The predicted octanol–water partition coefficient (Wildman–Crippen LogP) is 2.33. The van der Waals surface area contributed by atoms with Crippen LogP contribution in [0.5, 0.6) is 11.5 Å². The van der Waals surface area contributed by atoms with Gasteiger partial charge < -0.3 is 19.7 Å². The average molecular weight is 455 g/mol. The number of benzene rings is 1. The zero-order valence-electron chi connectivity index (χ0n) is 16.6. The van der Waals surface area contributed by atoms with E-state index in [1.807, 2.05) is 0 Å². The molecule has 12 heteroatoms. The summed E-state index contributed by atoms with van der Waals surface area (Å²) >= 11 is 0. The van der Waals surface area contributed by atoms with Crippen LogP contribution in [0.25, 0.3) is 0 Å². The van der Waals surface area contributed by atoms with Crippen molar-refractivity contribution in [2.45, 2.75) is 50.6 Å². The zero-order chi connectivity index (χ0) is 22.9. The van der Waals surface area contributed by atoms with Crippen LogP contribution >= 0.6 is 0 Å². The van der Waals surface area contributed by atoms with Crippen LogP contribution in [-0.4, -0.2) is 66.2 Å². The Morgan fingerprint density at radius 1 is 1.33 bits per heavy atom. The van der Waals surface area contributed by atoms with Gasteiger partial charge in [0.05, 0.1) is 18.9 Å². The molecule has 1 heterocycles. The molecule has 0 aromatic heterocycles. The van der Waals surface area contributed by atoms with Gasteiger partial charge in [0.25, 0.3) is 0 Å². The third-order valence-electron chi connectivity index (χ3n) is 4.58. The van der Waals surface area contributed by atoms with E-state index < -0.39 is 52.9 Å². The highest BCUT2D eigenvalue weighted by Crippen LogP contribution is 2.45. The summed E-state index contributed by atoms with van der Waals surface area (Å²) in [7, 11) is -4.06. The van der Waals surface area contributed by atoms with E-state index in [0.29, 0.717) is 4.31 Å². The third kappa shape index (κ3) is 5.99. The molecule has 1 aliphatic heterocycles. The van der Waals surface area contributed by atoms with Crippen molar-refractivity contribution in [2.24, 2.45) is 0 Å². The number of hydrogen-bond acceptors (Lipinski definition) is 6. The molecule has 8 nitrogen and oxygen atoms in total. The molecule has 30 heavy (non-hydrogen) atoms. The minimum Gasteiger partial charge on any atom is -0.494 e. The number of fused-ring (bicyclic) bond motifs is 1. The Hall–Kier alpha value is -2.05. The topological polar surface area (TPSA) is 113 Å². The van der Waals surface area contributed by atoms with Gasteiger partial charge in [-0.25, -0.2) is 8.42 Å². The van der Waals surface area contributed by atoms with Crippen LogP contribution in [0.3, 0.4) is 0 Å². The first kappa shape index (κ1) is 24.2. The molecular weight excluding hydrogens is 431 g/mol. The predicted molar refractivity (Wildman–Crippen MR) is 99.9 cm³/mol. The van der Waals surface area contributed by atoms with Gasteiger partial charge in [-0.3, -0.25) is 4.79 Å². The Morgan fingerprint density at radius 2 is 1.97 bits per heavy atom. The number of aliphatic hydroxyl groups excluding tert-OH is 1. The molecule has 0 radical (unpaired) electrons. The molecule has 1 aromatic rings. The number of aliphatic carboxylic acids is 1. The summed E-state index contributed by atoms with van der Waals surface area (Å²) in [6, 6.07) is 2.93. The van der Waals surface area contributed by atoms with Crippen molar-refractivity contribution in [3.63, 3.8) is 0 Å².